The molecule has 0 radical (unpaired) electrons. The molecule has 1 aliphatic rings. The molecule has 0 saturated carbocycles. The zero-order valence-electron chi connectivity index (χ0n) is 11.7. The lowest BCUT2D eigenvalue weighted by atomic mass is 10.1. The maximum Gasteiger partial charge on any atom is 0.335 e. The Morgan fingerprint density at radius 3 is 2.59 bits per heavy atom. The van der Waals surface area contributed by atoms with Crippen LogP contribution in [0.4, 0.5) is 5.69 Å². The summed E-state index contributed by atoms with van der Waals surface area (Å²) in [5.41, 5.74) is 1.90. The Bertz CT molecular complexity index is 789. The Morgan fingerprint density at radius 1 is 1.27 bits per heavy atom. The molecular weight excluding hydrogens is 300 g/mol. The van der Waals surface area contributed by atoms with E-state index in [4.69, 9.17) is 5.11 Å². The van der Waals surface area contributed by atoms with Crippen LogP contribution in [0.2, 0.25) is 0 Å². The molecule has 1 aromatic carbocycles. The van der Waals surface area contributed by atoms with Crippen molar-refractivity contribution in [1.29, 1.82) is 0 Å². The van der Waals surface area contributed by atoms with E-state index in [0.717, 1.165) is 4.88 Å². The number of carbonyl (C=O) groups excluding carboxylic acids is 1. The zero-order chi connectivity index (χ0) is 15.7. The second kappa shape index (κ2) is 5.57. The first-order valence-corrected chi connectivity index (χ1v) is 7.43. The number of amides is 1. The van der Waals surface area contributed by atoms with Gasteiger partial charge >= 0.3 is 5.97 Å². The predicted molar refractivity (Wildman–Crippen MR) is 86.3 cm³/mol. The molecule has 1 aromatic heterocycles. The monoisotopic (exact) mass is 312 g/mol. The highest BCUT2D eigenvalue weighted by atomic mass is 32.1. The number of benzene rings is 1. The van der Waals surface area contributed by atoms with Gasteiger partial charge in [0, 0.05) is 4.88 Å². The number of aromatic carboxylic acids is 1. The van der Waals surface area contributed by atoms with Crippen LogP contribution in [0.1, 0.15) is 22.2 Å². The molecule has 3 rings (SSSR count). The van der Waals surface area contributed by atoms with Gasteiger partial charge in [0.25, 0.3) is 5.91 Å². The molecule has 1 aliphatic heterocycles. The highest BCUT2D eigenvalue weighted by Crippen LogP contribution is 2.26. The fourth-order valence-electron chi connectivity index (χ4n) is 2.12. The average molecular weight is 312 g/mol. The van der Waals surface area contributed by atoms with Gasteiger partial charge in [0.05, 0.1) is 22.5 Å². The Kier molecular flexibility index (Phi) is 3.60. The van der Waals surface area contributed by atoms with E-state index in [1.54, 1.807) is 30.4 Å². The summed E-state index contributed by atoms with van der Waals surface area (Å²) < 4.78 is 0. The van der Waals surface area contributed by atoms with Crippen LogP contribution in [0.5, 0.6) is 0 Å². The summed E-state index contributed by atoms with van der Waals surface area (Å²) >= 11 is 1.55. The van der Waals surface area contributed by atoms with E-state index in [0.29, 0.717) is 17.0 Å². The molecule has 22 heavy (non-hydrogen) atoms. The summed E-state index contributed by atoms with van der Waals surface area (Å²) in [6, 6.07) is 9.92. The summed E-state index contributed by atoms with van der Waals surface area (Å²) in [7, 11) is 0. The van der Waals surface area contributed by atoms with Gasteiger partial charge in [0.1, 0.15) is 0 Å². The molecule has 110 valence electrons. The maximum absolute atomic E-state index is 12.5. The minimum absolute atomic E-state index is 0.172. The molecule has 2 heterocycles. The third kappa shape index (κ3) is 2.56. The average Bonchev–Trinajstić information content (AvgIpc) is 3.11. The molecule has 1 N–H and O–H groups in total. The fraction of sp³-hybridized carbons (Fsp3) is 0.0625. The number of hydrogen-bond donors (Lipinski definition) is 1. The van der Waals surface area contributed by atoms with Gasteiger partial charge in [-0.3, -0.25) is 4.79 Å². The van der Waals surface area contributed by atoms with Gasteiger partial charge in [-0.2, -0.15) is 10.1 Å². The van der Waals surface area contributed by atoms with Gasteiger partial charge in [0.2, 0.25) is 0 Å². The molecule has 0 aliphatic carbocycles. The Hall–Kier alpha value is -2.73. The van der Waals surface area contributed by atoms with Crippen molar-refractivity contribution >= 4 is 40.7 Å². The topological polar surface area (TPSA) is 70.0 Å². The molecule has 0 atom stereocenters. The minimum Gasteiger partial charge on any atom is -0.478 e. The summed E-state index contributed by atoms with van der Waals surface area (Å²) in [5, 5.41) is 16.4. The molecule has 1 amide bonds. The first kappa shape index (κ1) is 14.2. The minimum atomic E-state index is -1.00. The summed E-state index contributed by atoms with van der Waals surface area (Å²) in [6.45, 7) is 1.78. The van der Waals surface area contributed by atoms with Crippen molar-refractivity contribution in [1.82, 2.24) is 0 Å². The second-order valence-electron chi connectivity index (χ2n) is 4.73. The summed E-state index contributed by atoms with van der Waals surface area (Å²) in [6.07, 6.45) is 1.82. The maximum atomic E-state index is 12.5. The summed E-state index contributed by atoms with van der Waals surface area (Å²) in [5.74, 6) is -1.22. The lowest BCUT2D eigenvalue weighted by Gasteiger charge is -2.11. The lowest BCUT2D eigenvalue weighted by molar-refractivity contribution is -0.114. The molecule has 0 unspecified atom stereocenters. The van der Waals surface area contributed by atoms with Crippen molar-refractivity contribution in [3.8, 4) is 0 Å². The van der Waals surface area contributed by atoms with Gasteiger partial charge in [-0.15, -0.1) is 11.3 Å². The van der Waals surface area contributed by atoms with Crippen LogP contribution < -0.4 is 5.01 Å². The number of carboxylic acids is 1. The van der Waals surface area contributed by atoms with Crippen molar-refractivity contribution in [2.75, 3.05) is 5.01 Å². The van der Waals surface area contributed by atoms with Crippen molar-refractivity contribution in [3.05, 3.63) is 57.8 Å². The van der Waals surface area contributed by atoms with Gasteiger partial charge < -0.3 is 5.11 Å². The van der Waals surface area contributed by atoms with Crippen molar-refractivity contribution in [2.24, 2.45) is 5.10 Å². The highest BCUT2D eigenvalue weighted by molar-refractivity contribution is 7.10. The van der Waals surface area contributed by atoms with Crippen LogP contribution in [0.3, 0.4) is 0 Å². The van der Waals surface area contributed by atoms with E-state index >= 15 is 0 Å². The van der Waals surface area contributed by atoms with Crippen LogP contribution in [0, 0.1) is 0 Å². The molecule has 0 spiro atoms. The molecule has 2 aromatic rings. The number of hydrogen-bond acceptors (Lipinski definition) is 4. The molecule has 0 fully saturated rings. The number of nitrogens with zero attached hydrogens (tertiary/aromatic N) is 2. The summed E-state index contributed by atoms with van der Waals surface area (Å²) in [4.78, 5) is 24.3. The second-order valence-corrected chi connectivity index (χ2v) is 5.71. The molecule has 5 nitrogen and oxygen atoms in total. The first-order chi connectivity index (χ1) is 10.6. The number of anilines is 1. The lowest BCUT2D eigenvalue weighted by Crippen LogP contribution is -2.21. The standard InChI is InChI=1S/C16H12N2O3S/c1-10-14(9-13-3-2-8-22-13)15(19)18(17-10)12-6-4-11(5-7-12)16(20)21/h2-9H,1H3,(H,20,21). The number of hydrazone groups is 1. The van der Waals surface area contributed by atoms with Crippen LogP contribution in [0.15, 0.2) is 52.5 Å². The van der Waals surface area contributed by atoms with E-state index in [1.165, 1.54) is 17.1 Å². The highest BCUT2D eigenvalue weighted by Gasteiger charge is 2.28. The first-order valence-electron chi connectivity index (χ1n) is 6.55. The van der Waals surface area contributed by atoms with E-state index in [9.17, 15) is 9.59 Å². The molecule has 0 saturated heterocycles. The number of rotatable bonds is 3. The quantitative estimate of drug-likeness (QED) is 0.884. The van der Waals surface area contributed by atoms with Crippen LogP contribution in [-0.4, -0.2) is 22.7 Å². The van der Waals surface area contributed by atoms with E-state index in [-0.39, 0.29) is 11.5 Å². The largest absolute Gasteiger partial charge is 0.478 e. The van der Waals surface area contributed by atoms with Crippen molar-refractivity contribution in [3.63, 3.8) is 0 Å². The molecular formula is C16H12N2O3S. The molecule has 6 heteroatoms. The normalized spacial score (nSPS) is 16.2. The third-order valence-electron chi connectivity index (χ3n) is 3.25. The van der Waals surface area contributed by atoms with Gasteiger partial charge in [-0.05, 0) is 48.7 Å². The Morgan fingerprint density at radius 2 is 2.00 bits per heavy atom. The SMILES string of the molecule is CC1=NN(c2ccc(C(=O)O)cc2)C(=O)C1=Cc1cccs1. The molecule has 0 bridgehead atoms. The van der Waals surface area contributed by atoms with E-state index in [2.05, 4.69) is 5.10 Å². The predicted octanol–water partition coefficient (Wildman–Crippen LogP) is 3.25. The van der Waals surface area contributed by atoms with Crippen molar-refractivity contribution in [2.45, 2.75) is 6.92 Å². The van der Waals surface area contributed by atoms with Gasteiger partial charge in [-0.1, -0.05) is 6.07 Å². The zero-order valence-corrected chi connectivity index (χ0v) is 12.5. The van der Waals surface area contributed by atoms with Crippen LogP contribution >= 0.6 is 11.3 Å². The van der Waals surface area contributed by atoms with Crippen LogP contribution in [0.25, 0.3) is 6.08 Å². The van der Waals surface area contributed by atoms with Gasteiger partial charge in [0.15, 0.2) is 0 Å². The smallest absolute Gasteiger partial charge is 0.335 e. The number of carboxylic acid groups (broad SMARTS) is 1. The number of thiophene rings is 1. The van der Waals surface area contributed by atoms with Crippen molar-refractivity contribution < 1.29 is 14.7 Å². The Labute approximate surface area is 130 Å². The van der Waals surface area contributed by atoms with Crippen LogP contribution in [-0.2, 0) is 4.79 Å². The third-order valence-corrected chi connectivity index (χ3v) is 4.07. The fourth-order valence-corrected chi connectivity index (χ4v) is 2.78. The van der Waals surface area contributed by atoms with E-state index in [1.807, 2.05) is 23.6 Å². The van der Waals surface area contributed by atoms with Gasteiger partial charge in [-0.25, -0.2) is 4.79 Å². The Balaban J connectivity index is 1.91. The van der Waals surface area contributed by atoms with E-state index < -0.39 is 5.97 Å². The number of carbonyl (C=O) groups is 2.